The first-order chi connectivity index (χ1) is 15.0. The number of rotatable bonds is 6. The smallest absolute Gasteiger partial charge is 0.363 e. The fraction of sp³-hybridized carbons (Fsp3) is 0.0833. The summed E-state index contributed by atoms with van der Waals surface area (Å²) in [5.41, 5.74) is 2.13. The van der Waals surface area contributed by atoms with Gasteiger partial charge in [0, 0.05) is 10.6 Å². The van der Waals surface area contributed by atoms with E-state index in [0.29, 0.717) is 34.3 Å². The van der Waals surface area contributed by atoms with Crippen molar-refractivity contribution in [2.45, 2.75) is 6.61 Å². The summed E-state index contributed by atoms with van der Waals surface area (Å²) in [7, 11) is 1.53. The Morgan fingerprint density at radius 2 is 1.87 bits per heavy atom. The number of carbonyl (C=O) groups excluding carboxylic acids is 1. The van der Waals surface area contributed by atoms with Crippen molar-refractivity contribution in [3.8, 4) is 11.5 Å². The molecule has 0 radical (unpaired) electrons. The molecule has 1 heterocycles. The van der Waals surface area contributed by atoms with Gasteiger partial charge in [-0.1, -0.05) is 35.9 Å². The summed E-state index contributed by atoms with van der Waals surface area (Å²) in [6.45, 7) is 0.349. The molecule has 0 N–H and O–H groups in total. The number of esters is 1. The van der Waals surface area contributed by atoms with Crippen LogP contribution in [0.15, 0.2) is 77.4 Å². The zero-order chi connectivity index (χ0) is 21.8. The van der Waals surface area contributed by atoms with Crippen LogP contribution in [0.25, 0.3) is 6.08 Å². The van der Waals surface area contributed by atoms with Crippen molar-refractivity contribution in [3.63, 3.8) is 0 Å². The molecule has 4 rings (SSSR count). The molecule has 3 aromatic rings. The Bertz CT molecular complexity index is 1190. The first kappa shape index (κ1) is 20.6. The molecule has 0 aromatic heterocycles. The van der Waals surface area contributed by atoms with Gasteiger partial charge in [-0.2, -0.15) is 0 Å². The number of hydrogen-bond acceptors (Lipinski definition) is 5. The molecule has 1 aliphatic heterocycles. The third-order valence-corrected chi connectivity index (χ3v) is 4.74. The van der Waals surface area contributed by atoms with Gasteiger partial charge in [0.1, 0.15) is 12.4 Å². The monoisotopic (exact) mass is 437 g/mol. The number of ether oxygens (including phenoxy) is 3. The van der Waals surface area contributed by atoms with Gasteiger partial charge in [-0.05, 0) is 59.7 Å². The maximum atomic E-state index is 13.4. The van der Waals surface area contributed by atoms with Crippen molar-refractivity contribution in [2.75, 3.05) is 7.11 Å². The Hall–Kier alpha value is -3.64. The maximum absolute atomic E-state index is 13.4. The molecule has 3 aromatic carbocycles. The first-order valence-electron chi connectivity index (χ1n) is 9.35. The summed E-state index contributed by atoms with van der Waals surface area (Å²) in [6, 6.07) is 18.3. The summed E-state index contributed by atoms with van der Waals surface area (Å²) >= 11 is 5.90. The van der Waals surface area contributed by atoms with Crippen molar-refractivity contribution >= 4 is 29.5 Å². The van der Waals surface area contributed by atoms with Crippen LogP contribution in [0.2, 0.25) is 5.02 Å². The molecule has 5 nitrogen and oxygen atoms in total. The number of carbonyl (C=O) groups is 1. The fourth-order valence-electron chi connectivity index (χ4n) is 2.95. The van der Waals surface area contributed by atoms with Gasteiger partial charge in [0.2, 0.25) is 5.90 Å². The highest BCUT2D eigenvalue weighted by atomic mass is 35.5. The molecule has 0 atom stereocenters. The lowest BCUT2D eigenvalue weighted by atomic mass is 10.1. The molecule has 0 amide bonds. The Labute approximate surface area is 183 Å². The van der Waals surface area contributed by atoms with E-state index in [1.54, 1.807) is 42.5 Å². The number of aliphatic imine (C=N–C) groups is 1. The largest absolute Gasteiger partial charge is 0.493 e. The minimum Gasteiger partial charge on any atom is -0.493 e. The van der Waals surface area contributed by atoms with Crippen molar-refractivity contribution in [1.82, 2.24) is 0 Å². The number of methoxy groups -OCH3 is 1. The molecular formula is C24H17ClFNO4. The van der Waals surface area contributed by atoms with Gasteiger partial charge in [0.05, 0.1) is 7.11 Å². The van der Waals surface area contributed by atoms with Crippen molar-refractivity contribution in [3.05, 3.63) is 100.0 Å². The Morgan fingerprint density at radius 1 is 1.06 bits per heavy atom. The van der Waals surface area contributed by atoms with E-state index < -0.39 is 11.8 Å². The van der Waals surface area contributed by atoms with E-state index >= 15 is 0 Å². The quantitative estimate of drug-likeness (QED) is 0.382. The summed E-state index contributed by atoms with van der Waals surface area (Å²) in [5, 5.41) is 0.660. The second kappa shape index (κ2) is 9.02. The molecule has 156 valence electrons. The highest BCUT2D eigenvalue weighted by molar-refractivity contribution is 6.30. The summed E-state index contributed by atoms with van der Waals surface area (Å²) in [4.78, 5) is 16.4. The zero-order valence-corrected chi connectivity index (χ0v) is 17.2. The van der Waals surface area contributed by atoms with Gasteiger partial charge in [-0.3, -0.25) is 0 Å². The topological polar surface area (TPSA) is 57.1 Å². The average molecular weight is 438 g/mol. The average Bonchev–Trinajstić information content (AvgIpc) is 3.14. The number of halogens is 2. The second-order valence-electron chi connectivity index (χ2n) is 6.67. The van der Waals surface area contributed by atoms with E-state index in [-0.39, 0.29) is 11.6 Å². The van der Waals surface area contributed by atoms with Gasteiger partial charge < -0.3 is 14.2 Å². The number of hydrogen-bond donors (Lipinski definition) is 0. The molecular weight excluding hydrogens is 421 g/mol. The van der Waals surface area contributed by atoms with Crippen LogP contribution in [0.5, 0.6) is 11.5 Å². The van der Waals surface area contributed by atoms with E-state index in [9.17, 15) is 9.18 Å². The van der Waals surface area contributed by atoms with Crippen LogP contribution in [0.3, 0.4) is 0 Å². The van der Waals surface area contributed by atoms with E-state index in [2.05, 4.69) is 4.99 Å². The zero-order valence-electron chi connectivity index (χ0n) is 16.5. The number of benzene rings is 3. The van der Waals surface area contributed by atoms with Gasteiger partial charge in [-0.15, -0.1) is 0 Å². The van der Waals surface area contributed by atoms with Crippen molar-refractivity contribution in [2.24, 2.45) is 4.99 Å². The van der Waals surface area contributed by atoms with Crippen LogP contribution < -0.4 is 9.47 Å². The van der Waals surface area contributed by atoms with E-state index in [0.717, 1.165) is 5.56 Å². The van der Waals surface area contributed by atoms with Crippen molar-refractivity contribution in [1.29, 1.82) is 0 Å². The van der Waals surface area contributed by atoms with Crippen molar-refractivity contribution < 1.29 is 23.4 Å². The van der Waals surface area contributed by atoms with Gasteiger partial charge in [0.15, 0.2) is 17.2 Å². The maximum Gasteiger partial charge on any atom is 0.363 e. The van der Waals surface area contributed by atoms with Gasteiger partial charge >= 0.3 is 5.97 Å². The van der Waals surface area contributed by atoms with E-state index in [4.69, 9.17) is 25.8 Å². The molecule has 1 aliphatic rings. The van der Waals surface area contributed by atoms with Crippen LogP contribution >= 0.6 is 11.6 Å². The highest BCUT2D eigenvalue weighted by Crippen LogP contribution is 2.30. The molecule has 0 fully saturated rings. The number of cyclic esters (lactones) is 1. The first-order valence-corrected chi connectivity index (χ1v) is 9.73. The van der Waals surface area contributed by atoms with Crippen LogP contribution in [0.4, 0.5) is 4.39 Å². The van der Waals surface area contributed by atoms with Gasteiger partial charge in [-0.25, -0.2) is 14.2 Å². The Morgan fingerprint density at radius 3 is 2.61 bits per heavy atom. The SMILES string of the molecule is COc1cc(/C=C2\N=C(c3cccc(F)c3)OC2=O)ccc1OCc1ccc(Cl)cc1. The summed E-state index contributed by atoms with van der Waals surface area (Å²) in [6.07, 6.45) is 1.57. The summed E-state index contributed by atoms with van der Waals surface area (Å²) in [5.74, 6) is 0.0705. The molecule has 0 spiro atoms. The van der Waals surface area contributed by atoms with Crippen LogP contribution in [0, 0.1) is 5.82 Å². The molecule has 7 heteroatoms. The molecule has 0 saturated carbocycles. The number of nitrogens with zero attached hydrogens (tertiary/aromatic N) is 1. The third-order valence-electron chi connectivity index (χ3n) is 4.49. The van der Waals surface area contributed by atoms with E-state index in [1.807, 2.05) is 12.1 Å². The normalized spacial score (nSPS) is 14.4. The summed E-state index contributed by atoms with van der Waals surface area (Å²) < 4.78 is 29.9. The minimum absolute atomic E-state index is 0.0608. The molecule has 0 bridgehead atoms. The lowest BCUT2D eigenvalue weighted by Gasteiger charge is -2.11. The molecule has 31 heavy (non-hydrogen) atoms. The fourth-order valence-corrected chi connectivity index (χ4v) is 3.07. The Kier molecular flexibility index (Phi) is 6.00. The lowest BCUT2D eigenvalue weighted by molar-refractivity contribution is -0.129. The van der Waals surface area contributed by atoms with Crippen LogP contribution in [-0.2, 0) is 16.1 Å². The highest BCUT2D eigenvalue weighted by Gasteiger charge is 2.24. The minimum atomic E-state index is -0.610. The third kappa shape index (κ3) is 4.92. The van der Waals surface area contributed by atoms with Crippen LogP contribution in [0.1, 0.15) is 16.7 Å². The molecule has 0 saturated heterocycles. The van der Waals surface area contributed by atoms with Gasteiger partial charge in [0.25, 0.3) is 0 Å². The predicted octanol–water partition coefficient (Wildman–Crippen LogP) is 5.41. The molecule has 0 unspecified atom stereocenters. The standard InChI is InChI=1S/C24H17ClFNO4/c1-29-22-12-16(7-10-21(22)30-14-15-5-8-18(25)9-6-15)11-20-24(28)31-23(27-20)17-3-2-4-19(26)13-17/h2-13H,14H2,1H3/b20-11-. The van der Waals surface area contributed by atoms with Crippen LogP contribution in [-0.4, -0.2) is 19.0 Å². The van der Waals surface area contributed by atoms with E-state index in [1.165, 1.54) is 25.3 Å². The lowest BCUT2D eigenvalue weighted by Crippen LogP contribution is -2.05. The predicted molar refractivity (Wildman–Crippen MR) is 116 cm³/mol. The second-order valence-corrected chi connectivity index (χ2v) is 7.11. The molecule has 0 aliphatic carbocycles. The Balaban J connectivity index is 1.53.